The Labute approximate surface area is 98.4 Å². The van der Waals surface area contributed by atoms with Gasteiger partial charge in [-0.1, -0.05) is 35.4 Å². The summed E-state index contributed by atoms with van der Waals surface area (Å²) < 4.78 is 0. The van der Waals surface area contributed by atoms with Crippen molar-refractivity contribution in [3.8, 4) is 11.3 Å². The molecule has 0 bridgehead atoms. The van der Waals surface area contributed by atoms with Crippen LogP contribution in [0.25, 0.3) is 11.3 Å². The van der Waals surface area contributed by atoms with E-state index in [1.165, 1.54) is 5.56 Å². The number of nitrogens with zero attached hydrogens (tertiary/aromatic N) is 1. The fraction of sp³-hybridized carbons (Fsp3) is 0.167. The van der Waals surface area contributed by atoms with Gasteiger partial charge in [-0.25, -0.2) is 0 Å². The number of H-pyrrole nitrogens is 1. The first-order chi connectivity index (χ1) is 7.63. The molecule has 0 atom stereocenters. The summed E-state index contributed by atoms with van der Waals surface area (Å²) in [6.45, 7) is 4.02. The molecule has 2 aromatic rings. The van der Waals surface area contributed by atoms with Gasteiger partial charge in [0.25, 0.3) is 0 Å². The quantitative estimate of drug-likeness (QED) is 0.812. The van der Waals surface area contributed by atoms with E-state index in [0.29, 0.717) is 22.7 Å². The van der Waals surface area contributed by atoms with Crippen LogP contribution in [0.15, 0.2) is 18.2 Å². The summed E-state index contributed by atoms with van der Waals surface area (Å²) in [5.41, 5.74) is 4.16. The van der Waals surface area contributed by atoms with Crippen LogP contribution in [-0.4, -0.2) is 16.5 Å². The highest BCUT2D eigenvalue weighted by Crippen LogP contribution is 2.30. The van der Waals surface area contributed by atoms with Crippen LogP contribution in [0.3, 0.4) is 0 Å². The summed E-state index contributed by atoms with van der Waals surface area (Å²) in [4.78, 5) is 10.7. The monoisotopic (exact) mass is 234 g/mol. The van der Waals surface area contributed by atoms with Crippen molar-refractivity contribution in [1.29, 1.82) is 0 Å². The largest absolute Gasteiger partial charge is 0.296 e. The molecule has 0 unspecified atom stereocenters. The fourth-order valence-corrected chi connectivity index (χ4v) is 1.91. The third kappa shape index (κ3) is 1.74. The molecule has 1 aromatic carbocycles. The summed E-state index contributed by atoms with van der Waals surface area (Å²) in [6.07, 6.45) is 0.669. The van der Waals surface area contributed by atoms with Crippen molar-refractivity contribution >= 4 is 17.9 Å². The summed E-state index contributed by atoms with van der Waals surface area (Å²) in [6, 6.07) is 6.01. The number of aldehydes is 1. The molecule has 0 fully saturated rings. The molecule has 0 spiro atoms. The minimum atomic E-state index is 0.316. The second-order valence-corrected chi connectivity index (χ2v) is 4.11. The molecule has 0 saturated heterocycles. The number of carbonyl (C=O) groups is 1. The molecule has 0 saturated carbocycles. The zero-order valence-corrected chi connectivity index (χ0v) is 9.80. The number of hydrogen-bond donors (Lipinski definition) is 1. The summed E-state index contributed by atoms with van der Waals surface area (Å²) >= 11 is 6.05. The first-order valence-corrected chi connectivity index (χ1v) is 5.28. The Bertz CT molecular complexity index is 546. The Morgan fingerprint density at radius 2 is 2.12 bits per heavy atom. The third-order valence-corrected chi connectivity index (χ3v) is 2.87. The minimum Gasteiger partial charge on any atom is -0.296 e. The van der Waals surface area contributed by atoms with E-state index in [-0.39, 0.29) is 0 Å². The molecule has 4 heteroatoms. The van der Waals surface area contributed by atoms with Crippen molar-refractivity contribution in [2.45, 2.75) is 13.8 Å². The number of nitrogens with one attached hydrogen (secondary N) is 1. The van der Waals surface area contributed by atoms with E-state index in [2.05, 4.69) is 16.3 Å². The van der Waals surface area contributed by atoms with Crippen molar-refractivity contribution in [2.75, 3.05) is 0 Å². The molecule has 1 N–H and O–H groups in total. The Kier molecular flexibility index (Phi) is 2.79. The highest BCUT2D eigenvalue weighted by Gasteiger charge is 2.13. The molecule has 0 amide bonds. The van der Waals surface area contributed by atoms with Gasteiger partial charge >= 0.3 is 0 Å². The maximum atomic E-state index is 10.7. The molecule has 2 rings (SSSR count). The molecule has 0 aliphatic heterocycles. The molecule has 0 aliphatic rings. The Hall–Kier alpha value is -1.61. The smallest absolute Gasteiger partial charge is 0.169 e. The molecule has 0 radical (unpaired) electrons. The van der Waals surface area contributed by atoms with Crippen LogP contribution in [0.2, 0.25) is 5.02 Å². The second kappa shape index (κ2) is 4.10. The molecule has 82 valence electrons. The highest BCUT2D eigenvalue weighted by molar-refractivity contribution is 6.35. The lowest BCUT2D eigenvalue weighted by atomic mass is 10.0. The van der Waals surface area contributed by atoms with Gasteiger partial charge in [0.1, 0.15) is 11.4 Å². The second-order valence-electron chi connectivity index (χ2n) is 3.74. The van der Waals surface area contributed by atoms with Crippen molar-refractivity contribution in [2.24, 2.45) is 0 Å². The normalized spacial score (nSPS) is 10.4. The van der Waals surface area contributed by atoms with Gasteiger partial charge in [-0.05, 0) is 19.4 Å². The minimum absolute atomic E-state index is 0.316. The lowest BCUT2D eigenvalue weighted by Crippen LogP contribution is -1.85. The van der Waals surface area contributed by atoms with Crippen LogP contribution >= 0.6 is 11.6 Å². The van der Waals surface area contributed by atoms with Crippen molar-refractivity contribution in [1.82, 2.24) is 10.2 Å². The number of hydrogen-bond acceptors (Lipinski definition) is 2. The van der Waals surface area contributed by atoms with Crippen LogP contribution in [-0.2, 0) is 0 Å². The summed E-state index contributed by atoms with van der Waals surface area (Å²) in [5.74, 6) is 0. The molecule has 16 heavy (non-hydrogen) atoms. The molecule has 0 aliphatic carbocycles. The average molecular weight is 235 g/mol. The van der Waals surface area contributed by atoms with Gasteiger partial charge in [0.15, 0.2) is 6.29 Å². The number of halogens is 1. The lowest BCUT2D eigenvalue weighted by molar-refractivity contribution is 0.111. The first-order valence-electron chi connectivity index (χ1n) is 4.90. The van der Waals surface area contributed by atoms with Gasteiger partial charge in [-0.3, -0.25) is 9.89 Å². The SMILES string of the molecule is Cc1ccc(-c2n[nH]c(C=O)c2Cl)c(C)c1. The van der Waals surface area contributed by atoms with Crippen LogP contribution in [0.5, 0.6) is 0 Å². The van der Waals surface area contributed by atoms with Crippen LogP contribution in [0, 0.1) is 13.8 Å². The van der Waals surface area contributed by atoms with E-state index in [9.17, 15) is 4.79 Å². The van der Waals surface area contributed by atoms with E-state index in [0.717, 1.165) is 11.1 Å². The van der Waals surface area contributed by atoms with Gasteiger partial charge in [0, 0.05) is 5.56 Å². The number of rotatable bonds is 2. The van der Waals surface area contributed by atoms with Gasteiger partial charge in [0.2, 0.25) is 0 Å². The van der Waals surface area contributed by atoms with E-state index in [1.807, 2.05) is 26.0 Å². The zero-order chi connectivity index (χ0) is 11.7. The van der Waals surface area contributed by atoms with Gasteiger partial charge in [0.05, 0.1) is 5.02 Å². The van der Waals surface area contributed by atoms with Gasteiger partial charge in [-0.2, -0.15) is 5.10 Å². The van der Waals surface area contributed by atoms with Crippen molar-refractivity contribution in [3.05, 3.63) is 40.0 Å². The van der Waals surface area contributed by atoms with Crippen LogP contribution in [0.4, 0.5) is 0 Å². The number of aromatic amines is 1. The Morgan fingerprint density at radius 3 is 2.69 bits per heavy atom. The van der Waals surface area contributed by atoms with Crippen LogP contribution in [0.1, 0.15) is 21.6 Å². The number of carbonyl (C=O) groups excluding carboxylic acids is 1. The predicted octanol–water partition coefficient (Wildman–Crippen LogP) is 3.16. The topological polar surface area (TPSA) is 45.8 Å². The van der Waals surface area contributed by atoms with E-state index < -0.39 is 0 Å². The molecular weight excluding hydrogens is 224 g/mol. The number of aryl methyl sites for hydroxylation is 2. The Morgan fingerprint density at radius 1 is 1.38 bits per heavy atom. The molecular formula is C12H11ClN2O. The zero-order valence-electron chi connectivity index (χ0n) is 9.04. The maximum absolute atomic E-state index is 10.7. The van der Waals surface area contributed by atoms with E-state index >= 15 is 0 Å². The van der Waals surface area contributed by atoms with Gasteiger partial charge < -0.3 is 0 Å². The third-order valence-electron chi connectivity index (χ3n) is 2.49. The standard InChI is InChI=1S/C12H11ClN2O/c1-7-3-4-9(8(2)5-7)12-11(13)10(6-16)14-15-12/h3-6H,1-2H3,(H,14,15). The molecule has 1 heterocycles. The molecule has 1 aromatic heterocycles. The number of benzene rings is 1. The maximum Gasteiger partial charge on any atom is 0.169 e. The lowest BCUT2D eigenvalue weighted by Gasteiger charge is -2.04. The number of aromatic nitrogens is 2. The van der Waals surface area contributed by atoms with Gasteiger partial charge in [-0.15, -0.1) is 0 Å². The van der Waals surface area contributed by atoms with Crippen LogP contribution < -0.4 is 0 Å². The molecule has 3 nitrogen and oxygen atoms in total. The fourth-order valence-electron chi connectivity index (χ4n) is 1.68. The summed E-state index contributed by atoms with van der Waals surface area (Å²) in [5, 5.41) is 7.05. The Balaban J connectivity index is 2.58. The predicted molar refractivity (Wildman–Crippen MR) is 63.9 cm³/mol. The van der Waals surface area contributed by atoms with Crippen molar-refractivity contribution < 1.29 is 4.79 Å². The van der Waals surface area contributed by atoms with E-state index in [1.54, 1.807) is 0 Å². The first kappa shape index (κ1) is 10.9. The highest BCUT2D eigenvalue weighted by atomic mass is 35.5. The van der Waals surface area contributed by atoms with E-state index in [4.69, 9.17) is 11.6 Å². The van der Waals surface area contributed by atoms with Crippen molar-refractivity contribution in [3.63, 3.8) is 0 Å². The summed E-state index contributed by atoms with van der Waals surface area (Å²) in [7, 11) is 0. The average Bonchev–Trinajstić information content (AvgIpc) is 2.60.